The number of hydrogen-bond acceptors (Lipinski definition) is 9. The lowest BCUT2D eigenvalue weighted by molar-refractivity contribution is -0.142. The van der Waals surface area contributed by atoms with Gasteiger partial charge in [-0.2, -0.15) is 0 Å². The van der Waals surface area contributed by atoms with Crippen molar-refractivity contribution in [3.8, 4) is 0 Å². The fourth-order valence-electron chi connectivity index (χ4n) is 1.53. The van der Waals surface area contributed by atoms with Gasteiger partial charge in [0.1, 0.15) is 24.4 Å². The summed E-state index contributed by atoms with van der Waals surface area (Å²) in [7, 11) is 0. The van der Waals surface area contributed by atoms with Crippen LogP contribution >= 0.6 is 0 Å². The fourth-order valence-corrected chi connectivity index (χ4v) is 1.53. The van der Waals surface area contributed by atoms with Crippen LogP contribution in [-0.4, -0.2) is 87.9 Å². The summed E-state index contributed by atoms with van der Waals surface area (Å²) in [5.41, 5.74) is 5.52. The lowest BCUT2D eigenvalue weighted by atomic mass is 9.97. The molecule has 0 aromatic rings. The molecule has 142 valence electrons. The monoisotopic (exact) mass is 361 g/mol. The molecule has 11 nitrogen and oxygen atoms in total. The molecular weight excluding hydrogens is 338 g/mol. The number of rotatable bonds is 11. The molecule has 0 saturated heterocycles. The number of nitrogens with one attached hydrogen (secondary N) is 2. The second-order valence-corrected chi connectivity index (χ2v) is 5.28. The average molecular weight is 361 g/mol. The second kappa shape index (κ2) is 10.6. The molecule has 0 heterocycles. The van der Waals surface area contributed by atoms with Crippen molar-refractivity contribution < 1.29 is 39.6 Å². The van der Waals surface area contributed by atoms with Gasteiger partial charge in [0.2, 0.25) is 23.4 Å². The average Bonchev–Trinajstić information content (AvgIpc) is 2.60. The number of amides is 2. The van der Waals surface area contributed by atoms with Crippen LogP contribution in [0.5, 0.6) is 0 Å². The number of aliphatic hydroxyl groups is 4. The summed E-state index contributed by atoms with van der Waals surface area (Å²) in [6.45, 7) is 2.73. The zero-order chi connectivity index (χ0) is 19.7. The van der Waals surface area contributed by atoms with E-state index in [2.05, 4.69) is 17.2 Å². The first kappa shape index (κ1) is 22.8. The fraction of sp³-hybridized carbons (Fsp3) is 0.571. The summed E-state index contributed by atoms with van der Waals surface area (Å²) in [6, 6.07) is -1.86. The number of carbonyl (C=O) groups excluding carboxylic acids is 4. The van der Waals surface area contributed by atoms with Crippen molar-refractivity contribution >= 4 is 23.4 Å². The highest BCUT2D eigenvalue weighted by Crippen LogP contribution is 2.04. The molecule has 0 aliphatic rings. The molecule has 0 spiro atoms. The summed E-state index contributed by atoms with van der Waals surface area (Å²) >= 11 is 0. The van der Waals surface area contributed by atoms with Gasteiger partial charge in [-0.25, -0.2) is 0 Å². The van der Waals surface area contributed by atoms with E-state index in [9.17, 15) is 34.5 Å². The van der Waals surface area contributed by atoms with Crippen LogP contribution in [0.25, 0.3) is 0 Å². The van der Waals surface area contributed by atoms with Gasteiger partial charge in [0.15, 0.2) is 0 Å². The first-order valence-electron chi connectivity index (χ1n) is 7.21. The van der Waals surface area contributed by atoms with Crippen LogP contribution in [0.3, 0.4) is 0 Å². The van der Waals surface area contributed by atoms with Crippen molar-refractivity contribution in [2.75, 3.05) is 19.7 Å². The molecular formula is C14H23N3O8. The molecule has 0 aromatic heterocycles. The number of aliphatic hydroxyl groups excluding tert-OH is 4. The van der Waals surface area contributed by atoms with Gasteiger partial charge >= 0.3 is 0 Å². The van der Waals surface area contributed by atoms with Gasteiger partial charge in [0, 0.05) is 5.57 Å². The van der Waals surface area contributed by atoms with Crippen molar-refractivity contribution in [2.45, 2.75) is 31.3 Å². The van der Waals surface area contributed by atoms with E-state index in [0.29, 0.717) is 0 Å². The second-order valence-electron chi connectivity index (χ2n) is 5.28. The molecule has 0 aliphatic heterocycles. The summed E-state index contributed by atoms with van der Waals surface area (Å²) in [5, 5.41) is 41.2. The maximum absolute atomic E-state index is 11.7. The maximum atomic E-state index is 11.7. The van der Waals surface area contributed by atoms with Gasteiger partial charge in [-0.05, 0) is 6.92 Å². The summed E-state index contributed by atoms with van der Waals surface area (Å²) in [6.07, 6.45) is -5.69. The Morgan fingerprint density at radius 1 is 1.04 bits per heavy atom. The van der Waals surface area contributed by atoms with Crippen molar-refractivity contribution in [3.05, 3.63) is 12.2 Å². The topological polar surface area (TPSA) is 199 Å². The Labute approximate surface area is 143 Å². The molecule has 0 saturated carbocycles. The third-order valence-electron chi connectivity index (χ3n) is 3.12. The molecule has 2 amide bonds. The molecule has 0 unspecified atom stereocenters. The summed E-state index contributed by atoms with van der Waals surface area (Å²) < 4.78 is 0. The van der Waals surface area contributed by atoms with E-state index < -0.39 is 67.4 Å². The number of Topliss-reactive ketones (excluding diaryl/α,β-unsaturated/α-hetero) is 2. The molecule has 8 N–H and O–H groups in total. The number of nitrogens with two attached hydrogens (primary N) is 1. The summed E-state index contributed by atoms with van der Waals surface area (Å²) in [4.78, 5) is 46.0. The number of hydrogen-bond donors (Lipinski definition) is 7. The highest BCUT2D eigenvalue weighted by Gasteiger charge is 2.35. The van der Waals surface area contributed by atoms with E-state index >= 15 is 0 Å². The first-order valence-corrected chi connectivity index (χ1v) is 7.21. The van der Waals surface area contributed by atoms with E-state index in [-0.39, 0.29) is 5.57 Å². The van der Waals surface area contributed by atoms with Crippen LogP contribution < -0.4 is 16.4 Å². The molecule has 0 rings (SSSR count). The zero-order valence-electron chi connectivity index (χ0n) is 13.6. The van der Waals surface area contributed by atoms with Crippen molar-refractivity contribution in [3.63, 3.8) is 0 Å². The van der Waals surface area contributed by atoms with Crippen LogP contribution in [0.15, 0.2) is 12.2 Å². The Hall–Kier alpha value is -2.18. The predicted molar refractivity (Wildman–Crippen MR) is 83.9 cm³/mol. The highest BCUT2D eigenvalue weighted by molar-refractivity contribution is 6.40. The van der Waals surface area contributed by atoms with Gasteiger partial charge < -0.3 is 36.8 Å². The van der Waals surface area contributed by atoms with Crippen molar-refractivity contribution in [2.24, 2.45) is 5.73 Å². The standard InChI is InChI=1S/C14H23N3O8/c1-6(2)14(25)17-4-9(21)16-3-7(19)11(22)10(15)13(24)12(23)8(20)5-18/h8,10,12-13,18,20,23-24H,1,3-5,15H2,2H3,(H,16,21)(H,17,25)/t8-,10+,12-,13-/m1/s1. The SMILES string of the molecule is C=C(C)C(=O)NCC(=O)NCC(=O)C(=O)[C@H](N)[C@@H](O)[C@H](O)[C@H](O)CO. The lowest BCUT2D eigenvalue weighted by Gasteiger charge is -2.25. The largest absolute Gasteiger partial charge is 0.394 e. The smallest absolute Gasteiger partial charge is 0.246 e. The van der Waals surface area contributed by atoms with Crippen LogP contribution in [0.2, 0.25) is 0 Å². The maximum Gasteiger partial charge on any atom is 0.246 e. The van der Waals surface area contributed by atoms with Crippen molar-refractivity contribution in [1.29, 1.82) is 0 Å². The molecule has 0 aliphatic carbocycles. The molecule has 0 bridgehead atoms. The van der Waals surface area contributed by atoms with E-state index in [1.165, 1.54) is 6.92 Å². The Morgan fingerprint density at radius 2 is 1.60 bits per heavy atom. The van der Waals surface area contributed by atoms with E-state index in [4.69, 9.17) is 10.8 Å². The predicted octanol–water partition coefficient (Wildman–Crippen LogP) is -4.66. The van der Waals surface area contributed by atoms with Gasteiger partial charge in [-0.15, -0.1) is 0 Å². The molecule has 4 atom stereocenters. The van der Waals surface area contributed by atoms with Gasteiger partial charge in [0.05, 0.1) is 19.7 Å². The number of ketones is 2. The normalized spacial score (nSPS) is 15.4. The quantitative estimate of drug-likeness (QED) is 0.140. The molecule has 0 fully saturated rings. The molecule has 11 heteroatoms. The minimum atomic E-state index is -2.00. The van der Waals surface area contributed by atoms with E-state index in [0.717, 1.165) is 0 Å². The van der Waals surface area contributed by atoms with Crippen LogP contribution in [0.1, 0.15) is 6.92 Å². The first-order chi connectivity index (χ1) is 11.5. The van der Waals surface area contributed by atoms with Crippen LogP contribution in [-0.2, 0) is 19.2 Å². The zero-order valence-corrected chi connectivity index (χ0v) is 13.6. The Bertz CT molecular complexity index is 536. The Balaban J connectivity index is 4.46. The molecule has 0 aromatic carbocycles. The molecule has 0 radical (unpaired) electrons. The minimum Gasteiger partial charge on any atom is -0.394 e. The lowest BCUT2D eigenvalue weighted by Crippen LogP contribution is -2.55. The molecule has 25 heavy (non-hydrogen) atoms. The summed E-state index contributed by atoms with van der Waals surface area (Å²) in [5.74, 6) is -3.75. The van der Waals surface area contributed by atoms with Crippen LogP contribution in [0.4, 0.5) is 0 Å². The van der Waals surface area contributed by atoms with Gasteiger partial charge in [-0.1, -0.05) is 6.58 Å². The van der Waals surface area contributed by atoms with Crippen LogP contribution in [0, 0.1) is 0 Å². The minimum absolute atomic E-state index is 0.183. The Morgan fingerprint density at radius 3 is 2.08 bits per heavy atom. The van der Waals surface area contributed by atoms with E-state index in [1.807, 2.05) is 0 Å². The van der Waals surface area contributed by atoms with Crippen molar-refractivity contribution in [1.82, 2.24) is 10.6 Å². The Kier molecular flexibility index (Phi) is 9.71. The van der Waals surface area contributed by atoms with E-state index in [1.54, 1.807) is 0 Å². The number of carbonyl (C=O) groups is 4. The third kappa shape index (κ3) is 7.49. The highest BCUT2D eigenvalue weighted by atomic mass is 16.4. The van der Waals surface area contributed by atoms with Gasteiger partial charge in [0.25, 0.3) is 0 Å². The third-order valence-corrected chi connectivity index (χ3v) is 3.12. The van der Waals surface area contributed by atoms with Gasteiger partial charge in [-0.3, -0.25) is 19.2 Å².